The second-order valence-corrected chi connectivity index (χ2v) is 7.78. The molecule has 1 heterocycles. The van der Waals surface area contributed by atoms with Gasteiger partial charge in [0.25, 0.3) is 0 Å². The average Bonchev–Trinajstić information content (AvgIpc) is 3.33. The van der Waals surface area contributed by atoms with Crippen LogP contribution < -0.4 is 5.32 Å². The monoisotopic (exact) mass is 329 g/mol. The Bertz CT molecular complexity index is 605. The van der Waals surface area contributed by atoms with E-state index in [0.29, 0.717) is 5.92 Å². The molecule has 1 aliphatic heterocycles. The normalized spacial score (nSPS) is 32.0. The molecule has 4 nitrogen and oxygen atoms in total. The fraction of sp³-hybridized carbons (Fsp3) is 0.650. The molecule has 3 unspecified atom stereocenters. The van der Waals surface area contributed by atoms with E-state index < -0.39 is 11.6 Å². The van der Waals surface area contributed by atoms with Gasteiger partial charge in [0.05, 0.1) is 0 Å². The van der Waals surface area contributed by atoms with Gasteiger partial charge >= 0.3 is 5.97 Å². The number of benzene rings is 1. The van der Waals surface area contributed by atoms with E-state index in [0.717, 1.165) is 56.2 Å². The molecule has 1 aromatic rings. The lowest BCUT2D eigenvalue weighted by Gasteiger charge is -2.34. The predicted molar refractivity (Wildman–Crippen MR) is 91.4 cm³/mol. The summed E-state index contributed by atoms with van der Waals surface area (Å²) in [5.74, 6) is -0.0731. The molecule has 2 saturated carbocycles. The van der Waals surface area contributed by atoms with Crippen LogP contribution in [-0.2, 0) is 15.1 Å². The molecule has 2 N–H and O–H groups in total. The third-order valence-corrected chi connectivity index (χ3v) is 6.41. The zero-order valence-electron chi connectivity index (χ0n) is 14.3. The van der Waals surface area contributed by atoms with Crippen LogP contribution in [0.15, 0.2) is 24.3 Å². The molecule has 3 fully saturated rings. The lowest BCUT2D eigenvalue weighted by Crippen LogP contribution is -2.46. The number of nitrogens with one attached hydrogen (secondary N) is 1. The smallest absolute Gasteiger partial charge is 0.343 e. The number of hydrogen-bond donors (Lipinski definition) is 2. The Hall–Kier alpha value is -1.39. The van der Waals surface area contributed by atoms with Crippen molar-refractivity contribution in [2.75, 3.05) is 6.54 Å². The molecule has 4 rings (SSSR count). The van der Waals surface area contributed by atoms with Gasteiger partial charge in [-0.1, -0.05) is 37.1 Å². The summed E-state index contributed by atoms with van der Waals surface area (Å²) in [6, 6.07) is 7.96. The van der Waals surface area contributed by atoms with Gasteiger partial charge in [0, 0.05) is 24.4 Å². The second-order valence-electron chi connectivity index (χ2n) is 7.78. The van der Waals surface area contributed by atoms with E-state index in [1.807, 2.05) is 31.2 Å². The quantitative estimate of drug-likeness (QED) is 0.834. The first-order valence-electron chi connectivity index (χ1n) is 9.33. The van der Waals surface area contributed by atoms with Gasteiger partial charge in [0.2, 0.25) is 0 Å². The highest BCUT2D eigenvalue weighted by atomic mass is 16.6. The minimum atomic E-state index is -1.51. The molecular weight excluding hydrogens is 302 g/mol. The molecule has 2 bridgehead atoms. The van der Waals surface area contributed by atoms with E-state index >= 15 is 0 Å². The number of esters is 1. The third-order valence-electron chi connectivity index (χ3n) is 6.41. The number of aryl methyl sites for hydroxylation is 1. The molecule has 130 valence electrons. The maximum Gasteiger partial charge on any atom is 0.343 e. The number of fused-ring (bicyclic) bond motifs is 2. The van der Waals surface area contributed by atoms with E-state index in [2.05, 4.69) is 5.32 Å². The summed E-state index contributed by atoms with van der Waals surface area (Å²) in [4.78, 5) is 13.2. The second kappa shape index (κ2) is 6.16. The van der Waals surface area contributed by atoms with Crippen molar-refractivity contribution in [2.45, 2.75) is 63.2 Å². The standard InChI is InChI=1S/C20H27NO3/c1-13-6-2-5-9-16(13)20(23,15-7-3-4-8-15)19(22)24-18-14-10-11-17(18)21-12-14/h2,5-6,9,14-15,17-18,21,23H,3-4,7-8,10-12H2,1H3/t14?,17-,18?,20?/m0/s1. The summed E-state index contributed by atoms with van der Waals surface area (Å²) < 4.78 is 5.93. The van der Waals surface area contributed by atoms with Crippen molar-refractivity contribution in [1.82, 2.24) is 5.32 Å². The Morgan fingerprint density at radius 3 is 2.54 bits per heavy atom. The van der Waals surface area contributed by atoms with Crippen LogP contribution in [-0.4, -0.2) is 29.8 Å². The summed E-state index contributed by atoms with van der Waals surface area (Å²) in [6.45, 7) is 2.89. The summed E-state index contributed by atoms with van der Waals surface area (Å²) in [5.41, 5.74) is 0.167. The highest BCUT2D eigenvalue weighted by Crippen LogP contribution is 2.44. The number of ether oxygens (including phenoxy) is 1. The van der Waals surface area contributed by atoms with Crippen molar-refractivity contribution in [3.8, 4) is 0 Å². The third kappa shape index (κ3) is 2.47. The summed E-state index contributed by atoms with van der Waals surface area (Å²) in [7, 11) is 0. The molecule has 4 atom stereocenters. The molecule has 3 aliphatic rings. The van der Waals surface area contributed by atoms with Gasteiger partial charge in [0.1, 0.15) is 6.10 Å². The van der Waals surface area contributed by atoms with Gasteiger partial charge in [0.15, 0.2) is 5.60 Å². The topological polar surface area (TPSA) is 58.6 Å². The molecule has 0 spiro atoms. The van der Waals surface area contributed by atoms with Crippen LogP contribution in [0.3, 0.4) is 0 Å². The Labute approximate surface area is 143 Å². The van der Waals surface area contributed by atoms with Gasteiger partial charge in [-0.05, 0) is 43.7 Å². The maximum absolute atomic E-state index is 13.2. The molecule has 1 saturated heterocycles. The Balaban J connectivity index is 1.65. The molecule has 0 radical (unpaired) electrons. The number of rotatable bonds is 4. The van der Waals surface area contributed by atoms with Crippen LogP contribution in [0.1, 0.15) is 49.7 Å². The van der Waals surface area contributed by atoms with Gasteiger partial charge in [-0.25, -0.2) is 4.79 Å². The zero-order valence-corrected chi connectivity index (χ0v) is 14.3. The first-order chi connectivity index (χ1) is 11.6. The van der Waals surface area contributed by atoms with Gasteiger partial charge in [-0.2, -0.15) is 0 Å². The van der Waals surface area contributed by atoms with Crippen molar-refractivity contribution in [2.24, 2.45) is 11.8 Å². The number of hydrogen-bond acceptors (Lipinski definition) is 4. The van der Waals surface area contributed by atoms with E-state index in [9.17, 15) is 9.90 Å². The SMILES string of the molecule is Cc1ccccc1C(O)(C(=O)OC1C2CC[C@@H]1NC2)C1CCCC1. The first kappa shape index (κ1) is 16.1. The molecule has 1 aromatic carbocycles. The maximum atomic E-state index is 13.2. The van der Waals surface area contributed by atoms with Crippen molar-refractivity contribution in [1.29, 1.82) is 0 Å². The van der Waals surface area contributed by atoms with Crippen molar-refractivity contribution < 1.29 is 14.6 Å². The molecule has 2 aliphatic carbocycles. The average molecular weight is 329 g/mol. The van der Waals surface area contributed by atoms with Crippen LogP contribution in [0.4, 0.5) is 0 Å². The van der Waals surface area contributed by atoms with Crippen molar-refractivity contribution in [3.05, 3.63) is 35.4 Å². The predicted octanol–water partition coefficient (Wildman–Crippen LogP) is 2.67. The minimum absolute atomic E-state index is 0.0434. The largest absolute Gasteiger partial charge is 0.458 e. The molecule has 24 heavy (non-hydrogen) atoms. The highest BCUT2D eigenvalue weighted by Gasteiger charge is 2.52. The number of carbonyl (C=O) groups is 1. The lowest BCUT2D eigenvalue weighted by molar-refractivity contribution is -0.180. The van der Waals surface area contributed by atoms with Crippen molar-refractivity contribution in [3.63, 3.8) is 0 Å². The summed E-state index contributed by atoms with van der Waals surface area (Å²) in [5, 5.41) is 15.0. The van der Waals surface area contributed by atoms with E-state index in [1.165, 1.54) is 0 Å². The summed E-state index contributed by atoms with van der Waals surface area (Å²) >= 11 is 0. The van der Waals surface area contributed by atoms with Crippen LogP contribution in [0.2, 0.25) is 0 Å². The van der Waals surface area contributed by atoms with E-state index in [1.54, 1.807) is 0 Å². The Morgan fingerprint density at radius 1 is 1.21 bits per heavy atom. The number of aliphatic hydroxyl groups is 1. The fourth-order valence-corrected chi connectivity index (χ4v) is 5.02. The fourth-order valence-electron chi connectivity index (χ4n) is 5.02. The van der Waals surface area contributed by atoms with Crippen LogP contribution >= 0.6 is 0 Å². The molecule has 0 amide bonds. The van der Waals surface area contributed by atoms with Gasteiger partial charge in [-0.15, -0.1) is 0 Å². The Kier molecular flexibility index (Phi) is 4.13. The molecular formula is C20H27NO3. The van der Waals surface area contributed by atoms with Crippen molar-refractivity contribution >= 4 is 5.97 Å². The van der Waals surface area contributed by atoms with Crippen LogP contribution in [0.25, 0.3) is 0 Å². The number of piperidine rings is 1. The van der Waals surface area contributed by atoms with Gasteiger partial charge in [-0.3, -0.25) is 0 Å². The molecule has 0 aromatic heterocycles. The number of carbonyl (C=O) groups excluding carboxylic acids is 1. The van der Waals surface area contributed by atoms with Crippen LogP contribution in [0.5, 0.6) is 0 Å². The van der Waals surface area contributed by atoms with Crippen LogP contribution in [0, 0.1) is 18.8 Å². The van der Waals surface area contributed by atoms with Gasteiger partial charge < -0.3 is 15.2 Å². The molecule has 4 heteroatoms. The summed E-state index contributed by atoms with van der Waals surface area (Å²) in [6.07, 6.45) is 6.02. The van der Waals surface area contributed by atoms with E-state index in [-0.39, 0.29) is 18.1 Å². The Morgan fingerprint density at radius 2 is 1.96 bits per heavy atom. The first-order valence-corrected chi connectivity index (χ1v) is 9.33. The minimum Gasteiger partial charge on any atom is -0.458 e. The van der Waals surface area contributed by atoms with E-state index in [4.69, 9.17) is 4.74 Å². The highest BCUT2D eigenvalue weighted by molar-refractivity contribution is 5.82. The lowest BCUT2D eigenvalue weighted by atomic mass is 9.78. The zero-order chi connectivity index (χ0) is 16.7.